The molecule has 0 bridgehead atoms. The first kappa shape index (κ1) is 58.3. The van der Waals surface area contributed by atoms with Crippen molar-refractivity contribution in [1.29, 1.82) is 0 Å². The molecule has 1 rings (SSSR count). The van der Waals surface area contributed by atoms with Crippen molar-refractivity contribution < 1.29 is 44.2 Å². The van der Waals surface area contributed by atoms with Crippen LogP contribution in [-0.4, -0.2) is 89.6 Å². The van der Waals surface area contributed by atoms with Gasteiger partial charge in [-0.2, -0.15) is 0 Å². The predicted octanol–water partition coefficient (Wildman–Crippen LogP) is 11.7. The minimum absolute atomic E-state index is 0.0938. The second kappa shape index (κ2) is 44.5. The van der Waals surface area contributed by atoms with Gasteiger partial charge < -0.3 is 39.4 Å². The highest BCUT2D eigenvalue weighted by Crippen LogP contribution is 2.22. The number of esters is 1. The SMILES string of the molecule is CC/C=C\C/C=C\C/C=C\C/C=C\C/C=C\C/C=C\C/C=C\CCCCOCC(COC1OC(CO)C(O)C(O)C1O)OC(=O)CCCCCC/C=C\C/C=C\C/C=C\C/C=C\CC. The van der Waals surface area contributed by atoms with Crippen LogP contribution in [0.4, 0.5) is 0 Å². The number of aliphatic hydroxyl groups excluding tert-OH is 4. The van der Waals surface area contributed by atoms with Crippen LogP contribution in [0.2, 0.25) is 0 Å². The zero-order chi connectivity index (χ0) is 46.4. The van der Waals surface area contributed by atoms with Crippen molar-refractivity contribution in [3.05, 3.63) is 134 Å². The molecule has 1 fully saturated rings. The van der Waals surface area contributed by atoms with Crippen molar-refractivity contribution in [3.63, 3.8) is 0 Å². The van der Waals surface area contributed by atoms with Crippen molar-refractivity contribution >= 4 is 5.97 Å². The van der Waals surface area contributed by atoms with Gasteiger partial charge in [0, 0.05) is 13.0 Å². The molecule has 0 saturated carbocycles. The zero-order valence-corrected chi connectivity index (χ0v) is 39.5. The number of allylic oxidation sites excluding steroid dienone is 22. The van der Waals surface area contributed by atoms with Crippen molar-refractivity contribution in [1.82, 2.24) is 0 Å². The van der Waals surface area contributed by atoms with Gasteiger partial charge in [-0.15, -0.1) is 0 Å². The molecule has 1 aliphatic heterocycles. The Balaban J connectivity index is 2.31. The Bertz CT molecular complexity index is 1430. The summed E-state index contributed by atoms with van der Waals surface area (Å²) in [6.45, 7) is 4.15. The third-order valence-electron chi connectivity index (χ3n) is 10.1. The standard InChI is InChI=1S/C55H86O9/c1-3-5-7-9-11-13-15-17-19-21-22-23-24-25-26-27-29-31-33-35-37-39-41-43-45-61-47-49(48-62-55-54(60)53(59)52(58)50(46-56)64-55)63-51(57)44-42-40-38-36-34-32-30-28-20-18-16-14-12-10-8-6-4-2/h5-8,11-14,17-20,22-23,25-26,29-32,35,37,49-50,52-56,58-60H,3-4,9-10,15-16,21,24,27-28,33-34,36,38-48H2,1-2H3/b7-5-,8-6-,13-11-,14-12-,19-17-,20-18-,23-22-,26-25-,31-29-,32-30-,37-35-. The first-order chi connectivity index (χ1) is 31.4. The normalized spacial score (nSPS) is 20.8. The van der Waals surface area contributed by atoms with E-state index in [9.17, 15) is 25.2 Å². The molecule has 0 radical (unpaired) electrons. The summed E-state index contributed by atoms with van der Waals surface area (Å²) in [6, 6.07) is 0. The predicted molar refractivity (Wildman–Crippen MR) is 265 cm³/mol. The Hall–Kier alpha value is -3.67. The van der Waals surface area contributed by atoms with E-state index in [2.05, 4.69) is 148 Å². The van der Waals surface area contributed by atoms with Gasteiger partial charge in [-0.05, 0) is 109 Å². The zero-order valence-electron chi connectivity index (χ0n) is 39.5. The van der Waals surface area contributed by atoms with Gasteiger partial charge in [0.05, 0.1) is 19.8 Å². The molecule has 4 N–H and O–H groups in total. The van der Waals surface area contributed by atoms with Gasteiger partial charge in [0.1, 0.15) is 30.5 Å². The molecular formula is C55H86O9. The maximum atomic E-state index is 12.8. The molecule has 0 aromatic rings. The second-order valence-corrected chi connectivity index (χ2v) is 15.8. The molecular weight excluding hydrogens is 805 g/mol. The van der Waals surface area contributed by atoms with Crippen LogP contribution in [0, 0.1) is 0 Å². The van der Waals surface area contributed by atoms with E-state index in [0.29, 0.717) is 13.0 Å². The topological polar surface area (TPSA) is 135 Å². The molecule has 1 aliphatic rings. The van der Waals surface area contributed by atoms with Crippen molar-refractivity contribution in [3.8, 4) is 0 Å². The number of rotatable bonds is 39. The number of hydrogen-bond donors (Lipinski definition) is 4. The molecule has 1 saturated heterocycles. The summed E-state index contributed by atoms with van der Waals surface area (Å²) in [5.74, 6) is -0.359. The fraction of sp³-hybridized carbons (Fsp3) is 0.582. The minimum Gasteiger partial charge on any atom is -0.457 e. The number of carbonyl (C=O) groups is 1. The van der Waals surface area contributed by atoms with Gasteiger partial charge >= 0.3 is 5.97 Å². The van der Waals surface area contributed by atoms with E-state index < -0.39 is 43.4 Å². The quantitative estimate of drug-likeness (QED) is 0.0270. The van der Waals surface area contributed by atoms with Gasteiger partial charge in [0.2, 0.25) is 0 Å². The maximum Gasteiger partial charge on any atom is 0.306 e. The van der Waals surface area contributed by atoms with E-state index in [1.165, 1.54) is 0 Å². The van der Waals surface area contributed by atoms with Crippen LogP contribution < -0.4 is 0 Å². The van der Waals surface area contributed by atoms with E-state index in [0.717, 1.165) is 116 Å². The van der Waals surface area contributed by atoms with Gasteiger partial charge in [-0.25, -0.2) is 0 Å². The highest BCUT2D eigenvalue weighted by molar-refractivity contribution is 5.69. The largest absolute Gasteiger partial charge is 0.457 e. The molecule has 0 amide bonds. The number of ether oxygens (including phenoxy) is 4. The maximum absolute atomic E-state index is 12.8. The highest BCUT2D eigenvalue weighted by atomic mass is 16.7. The third kappa shape index (κ3) is 34.7. The molecule has 6 atom stereocenters. The molecule has 9 nitrogen and oxygen atoms in total. The number of hydrogen-bond acceptors (Lipinski definition) is 9. The lowest BCUT2D eigenvalue weighted by Crippen LogP contribution is -2.59. The van der Waals surface area contributed by atoms with Crippen molar-refractivity contribution in [2.24, 2.45) is 0 Å². The van der Waals surface area contributed by atoms with Crippen LogP contribution in [0.25, 0.3) is 0 Å². The van der Waals surface area contributed by atoms with Crippen molar-refractivity contribution in [2.75, 3.05) is 26.4 Å². The summed E-state index contributed by atoms with van der Waals surface area (Å²) >= 11 is 0. The van der Waals surface area contributed by atoms with E-state index in [1.54, 1.807) is 0 Å². The van der Waals surface area contributed by atoms with E-state index >= 15 is 0 Å². The fourth-order valence-corrected chi connectivity index (χ4v) is 6.34. The second-order valence-electron chi connectivity index (χ2n) is 15.8. The lowest BCUT2D eigenvalue weighted by Gasteiger charge is -2.39. The molecule has 6 unspecified atom stereocenters. The Morgan fingerprint density at radius 1 is 0.500 bits per heavy atom. The first-order valence-corrected chi connectivity index (χ1v) is 24.3. The number of carbonyl (C=O) groups excluding carboxylic acids is 1. The minimum atomic E-state index is -1.56. The Labute approximate surface area is 388 Å². The molecule has 9 heteroatoms. The number of aliphatic hydroxyl groups is 4. The van der Waals surface area contributed by atoms with Crippen LogP contribution in [0.15, 0.2) is 134 Å². The summed E-state index contributed by atoms with van der Waals surface area (Å²) in [4.78, 5) is 12.8. The molecule has 360 valence electrons. The fourth-order valence-electron chi connectivity index (χ4n) is 6.34. The van der Waals surface area contributed by atoms with Gasteiger partial charge in [-0.3, -0.25) is 4.79 Å². The molecule has 0 aliphatic carbocycles. The Kier molecular flexibility index (Phi) is 40.6. The molecule has 0 aromatic heterocycles. The molecule has 0 aromatic carbocycles. The summed E-state index contributed by atoms with van der Waals surface area (Å²) in [5, 5.41) is 40.2. The molecule has 64 heavy (non-hydrogen) atoms. The third-order valence-corrected chi connectivity index (χ3v) is 10.1. The monoisotopic (exact) mass is 891 g/mol. The average Bonchev–Trinajstić information content (AvgIpc) is 3.30. The summed E-state index contributed by atoms with van der Waals surface area (Å²) in [5.41, 5.74) is 0. The van der Waals surface area contributed by atoms with E-state index in [-0.39, 0.29) is 25.6 Å². The molecule has 0 spiro atoms. The van der Waals surface area contributed by atoms with Crippen LogP contribution in [0.5, 0.6) is 0 Å². The molecule has 1 heterocycles. The van der Waals surface area contributed by atoms with Gasteiger partial charge in [-0.1, -0.05) is 160 Å². The van der Waals surface area contributed by atoms with Gasteiger partial charge in [0.15, 0.2) is 6.29 Å². The van der Waals surface area contributed by atoms with Crippen LogP contribution in [0.3, 0.4) is 0 Å². The van der Waals surface area contributed by atoms with Crippen LogP contribution in [-0.2, 0) is 23.7 Å². The van der Waals surface area contributed by atoms with E-state index in [1.807, 2.05) is 0 Å². The number of unbranched alkanes of at least 4 members (excludes halogenated alkanes) is 6. The van der Waals surface area contributed by atoms with E-state index in [4.69, 9.17) is 18.9 Å². The Morgan fingerprint density at radius 2 is 0.906 bits per heavy atom. The smallest absolute Gasteiger partial charge is 0.306 e. The average molecular weight is 891 g/mol. The summed E-state index contributed by atoms with van der Waals surface area (Å²) in [6.07, 6.45) is 59.1. The lowest BCUT2D eigenvalue weighted by molar-refractivity contribution is -0.305. The van der Waals surface area contributed by atoms with Gasteiger partial charge in [0.25, 0.3) is 0 Å². The first-order valence-electron chi connectivity index (χ1n) is 24.3. The lowest BCUT2D eigenvalue weighted by atomic mass is 9.99. The summed E-state index contributed by atoms with van der Waals surface area (Å²) in [7, 11) is 0. The highest BCUT2D eigenvalue weighted by Gasteiger charge is 2.44. The van der Waals surface area contributed by atoms with Crippen LogP contribution in [0.1, 0.15) is 142 Å². The Morgan fingerprint density at radius 3 is 1.34 bits per heavy atom. The van der Waals surface area contributed by atoms with Crippen molar-refractivity contribution in [2.45, 2.75) is 179 Å². The summed E-state index contributed by atoms with van der Waals surface area (Å²) < 4.78 is 22.8. The van der Waals surface area contributed by atoms with Crippen LogP contribution >= 0.6 is 0 Å².